The molecule has 0 heterocycles. The maximum atomic E-state index is 6.38. The van der Waals surface area contributed by atoms with Crippen LogP contribution >= 0.6 is 11.6 Å². The van der Waals surface area contributed by atoms with Gasteiger partial charge in [-0.25, -0.2) is 0 Å². The Morgan fingerprint density at radius 1 is 1.19 bits per heavy atom. The first kappa shape index (κ1) is 16.6. The van der Waals surface area contributed by atoms with Crippen LogP contribution in [0.4, 0.5) is 0 Å². The van der Waals surface area contributed by atoms with Crippen molar-refractivity contribution < 1.29 is 4.74 Å². The van der Waals surface area contributed by atoms with E-state index >= 15 is 0 Å². The van der Waals surface area contributed by atoms with E-state index in [1.807, 2.05) is 12.1 Å². The summed E-state index contributed by atoms with van der Waals surface area (Å²) in [4.78, 5) is 0. The van der Waals surface area contributed by atoms with Crippen molar-refractivity contribution in [3.8, 4) is 5.75 Å². The fourth-order valence-electron chi connectivity index (χ4n) is 3.36. The van der Waals surface area contributed by atoms with Gasteiger partial charge in [0.2, 0.25) is 0 Å². The lowest BCUT2D eigenvalue weighted by atomic mass is 9.82. The molecule has 1 aliphatic rings. The molecule has 0 bridgehead atoms. The molecule has 2 atom stereocenters. The average molecular weight is 310 g/mol. The third-order valence-electron chi connectivity index (χ3n) is 4.21. The van der Waals surface area contributed by atoms with Gasteiger partial charge >= 0.3 is 0 Å². The molecule has 0 saturated heterocycles. The van der Waals surface area contributed by atoms with Crippen LogP contribution in [0.25, 0.3) is 0 Å². The summed E-state index contributed by atoms with van der Waals surface area (Å²) in [5.41, 5.74) is 1.17. The summed E-state index contributed by atoms with van der Waals surface area (Å²) in [7, 11) is 0. The van der Waals surface area contributed by atoms with E-state index in [9.17, 15) is 0 Å². The molecule has 1 aromatic rings. The van der Waals surface area contributed by atoms with Crippen molar-refractivity contribution in [3.05, 3.63) is 28.8 Å². The van der Waals surface area contributed by atoms with Gasteiger partial charge in [-0.05, 0) is 50.1 Å². The third-order valence-corrected chi connectivity index (χ3v) is 4.51. The molecule has 0 amide bonds. The summed E-state index contributed by atoms with van der Waals surface area (Å²) in [5.74, 6) is 2.36. The Labute approximate surface area is 134 Å². The van der Waals surface area contributed by atoms with Crippen LogP contribution in [0.2, 0.25) is 5.02 Å². The van der Waals surface area contributed by atoms with E-state index in [4.69, 9.17) is 16.3 Å². The molecule has 0 radical (unpaired) electrons. The predicted molar refractivity (Wildman–Crippen MR) is 90.0 cm³/mol. The number of halogens is 1. The van der Waals surface area contributed by atoms with Gasteiger partial charge in [0.25, 0.3) is 0 Å². The first-order valence-electron chi connectivity index (χ1n) is 8.24. The van der Waals surface area contributed by atoms with Gasteiger partial charge in [-0.15, -0.1) is 0 Å². The monoisotopic (exact) mass is 309 g/mol. The Hall–Kier alpha value is -0.730. The maximum Gasteiger partial charge on any atom is 0.142 e. The number of para-hydroxylation sites is 1. The van der Waals surface area contributed by atoms with Gasteiger partial charge in [0.15, 0.2) is 0 Å². The minimum Gasteiger partial charge on any atom is -0.489 e. The topological polar surface area (TPSA) is 21.3 Å². The second-order valence-electron chi connectivity index (χ2n) is 6.56. The molecular weight excluding hydrogens is 282 g/mol. The highest BCUT2D eigenvalue weighted by Gasteiger charge is 2.26. The summed E-state index contributed by atoms with van der Waals surface area (Å²) in [6.45, 7) is 8.66. The Morgan fingerprint density at radius 2 is 1.90 bits per heavy atom. The molecule has 2 rings (SSSR count). The van der Waals surface area contributed by atoms with Crippen LogP contribution in [0.3, 0.4) is 0 Å². The van der Waals surface area contributed by atoms with Crippen LogP contribution in [-0.4, -0.2) is 12.6 Å². The number of hydrogen-bond donors (Lipinski definition) is 1. The van der Waals surface area contributed by atoms with E-state index < -0.39 is 0 Å². The van der Waals surface area contributed by atoms with Gasteiger partial charge in [0.05, 0.1) is 11.1 Å². The van der Waals surface area contributed by atoms with Crippen LogP contribution in [0.1, 0.15) is 52.0 Å². The fourth-order valence-corrected chi connectivity index (χ4v) is 3.60. The number of rotatable bonds is 6. The molecule has 2 nitrogen and oxygen atoms in total. The van der Waals surface area contributed by atoms with E-state index in [2.05, 4.69) is 32.2 Å². The Balaban J connectivity index is 2.07. The fraction of sp³-hybridized carbons (Fsp3) is 0.667. The zero-order chi connectivity index (χ0) is 15.2. The van der Waals surface area contributed by atoms with E-state index in [-0.39, 0.29) is 0 Å². The van der Waals surface area contributed by atoms with Crippen molar-refractivity contribution in [2.24, 2.45) is 11.8 Å². The molecule has 1 saturated carbocycles. The van der Waals surface area contributed by atoms with Gasteiger partial charge < -0.3 is 10.1 Å². The minimum atomic E-state index is 0.300. The molecule has 1 fully saturated rings. The molecule has 0 aromatic heterocycles. The summed E-state index contributed by atoms with van der Waals surface area (Å²) in [6, 6.07) is 6.04. The lowest BCUT2D eigenvalue weighted by Gasteiger charge is -2.32. The van der Waals surface area contributed by atoms with Crippen molar-refractivity contribution >= 4 is 11.6 Å². The molecule has 3 heteroatoms. The minimum absolute atomic E-state index is 0.300. The predicted octanol–water partition coefficient (Wildman–Crippen LogP) is 5.04. The largest absolute Gasteiger partial charge is 0.489 e. The molecule has 1 aromatic carbocycles. The van der Waals surface area contributed by atoms with Crippen molar-refractivity contribution in [1.29, 1.82) is 0 Å². The second-order valence-corrected chi connectivity index (χ2v) is 6.97. The van der Waals surface area contributed by atoms with Crippen LogP contribution in [0, 0.1) is 11.8 Å². The standard InChI is InChI=1S/C18H28ClNO/c1-4-8-20-12-15-6-5-7-17(19)18(15)21-16-10-13(2)9-14(3)11-16/h5-7,13-14,16,20H,4,8-12H2,1-3H3. The number of ether oxygens (including phenoxy) is 1. The average Bonchev–Trinajstić information content (AvgIpc) is 2.41. The quantitative estimate of drug-likeness (QED) is 0.743. The Bertz CT molecular complexity index is 439. The normalized spacial score (nSPS) is 25.8. The van der Waals surface area contributed by atoms with Crippen LogP contribution in [-0.2, 0) is 6.54 Å². The summed E-state index contributed by atoms with van der Waals surface area (Å²) in [6.07, 6.45) is 5.02. The zero-order valence-electron chi connectivity index (χ0n) is 13.5. The second kappa shape index (κ2) is 8.05. The molecule has 0 spiro atoms. The smallest absolute Gasteiger partial charge is 0.142 e. The van der Waals surface area contributed by atoms with Crippen molar-refractivity contribution in [3.63, 3.8) is 0 Å². The lowest BCUT2D eigenvalue weighted by Crippen LogP contribution is -2.29. The number of benzene rings is 1. The molecule has 118 valence electrons. The maximum absolute atomic E-state index is 6.38. The number of nitrogens with one attached hydrogen (secondary N) is 1. The van der Waals surface area contributed by atoms with E-state index in [0.29, 0.717) is 6.10 Å². The van der Waals surface area contributed by atoms with E-state index in [0.717, 1.165) is 55.0 Å². The molecule has 1 N–H and O–H groups in total. The SMILES string of the molecule is CCCNCc1cccc(Cl)c1OC1CC(C)CC(C)C1. The van der Waals surface area contributed by atoms with E-state index in [1.54, 1.807) is 0 Å². The zero-order valence-corrected chi connectivity index (χ0v) is 14.2. The highest BCUT2D eigenvalue weighted by molar-refractivity contribution is 6.32. The van der Waals surface area contributed by atoms with Gasteiger partial charge in [0.1, 0.15) is 5.75 Å². The van der Waals surface area contributed by atoms with E-state index in [1.165, 1.54) is 12.0 Å². The highest BCUT2D eigenvalue weighted by Crippen LogP contribution is 2.35. The molecule has 2 unspecified atom stereocenters. The van der Waals surface area contributed by atoms with Gasteiger partial charge in [0, 0.05) is 12.1 Å². The van der Waals surface area contributed by atoms with Crippen molar-refractivity contribution in [2.75, 3.05) is 6.54 Å². The molecule has 21 heavy (non-hydrogen) atoms. The molecular formula is C18H28ClNO. The number of hydrogen-bond acceptors (Lipinski definition) is 2. The van der Waals surface area contributed by atoms with Gasteiger partial charge in [-0.1, -0.05) is 44.5 Å². The third kappa shape index (κ3) is 4.89. The molecule has 1 aliphatic carbocycles. The lowest BCUT2D eigenvalue weighted by molar-refractivity contribution is 0.100. The molecule has 0 aliphatic heterocycles. The Kier molecular flexibility index (Phi) is 6.38. The Morgan fingerprint density at radius 3 is 2.57 bits per heavy atom. The van der Waals surface area contributed by atoms with Crippen molar-refractivity contribution in [1.82, 2.24) is 5.32 Å². The van der Waals surface area contributed by atoms with Crippen LogP contribution in [0.5, 0.6) is 5.75 Å². The first-order chi connectivity index (χ1) is 10.1. The van der Waals surface area contributed by atoms with Crippen molar-refractivity contribution in [2.45, 2.75) is 59.1 Å². The summed E-state index contributed by atoms with van der Waals surface area (Å²) in [5, 5.41) is 4.17. The first-order valence-corrected chi connectivity index (χ1v) is 8.62. The highest BCUT2D eigenvalue weighted by atomic mass is 35.5. The summed E-state index contributed by atoms with van der Waals surface area (Å²) < 4.78 is 6.32. The van der Waals surface area contributed by atoms with Crippen LogP contribution < -0.4 is 10.1 Å². The van der Waals surface area contributed by atoms with Gasteiger partial charge in [-0.3, -0.25) is 0 Å². The van der Waals surface area contributed by atoms with Gasteiger partial charge in [-0.2, -0.15) is 0 Å². The van der Waals surface area contributed by atoms with Crippen LogP contribution in [0.15, 0.2) is 18.2 Å². The summed E-state index contributed by atoms with van der Waals surface area (Å²) >= 11 is 6.38.